The molecule has 9 fully saturated rings. The summed E-state index contributed by atoms with van der Waals surface area (Å²) >= 11 is -0.226. The Morgan fingerprint density at radius 1 is 0.279 bits per heavy atom. The Balaban J connectivity index is 0.000000892. The zero-order chi connectivity index (χ0) is 28.9. The second-order valence-electron chi connectivity index (χ2n) is 15.7. The van der Waals surface area contributed by atoms with Crippen molar-refractivity contribution in [3.63, 3.8) is 0 Å². The maximum absolute atomic E-state index is 4.83. The molecule has 9 rings (SSSR count). The first-order valence-electron chi connectivity index (χ1n) is 18.1. The van der Waals surface area contributed by atoms with Gasteiger partial charge in [0.25, 0.3) is 0 Å². The minimum absolute atomic E-state index is 0.226. The van der Waals surface area contributed by atoms with Crippen LogP contribution in [0.25, 0.3) is 0 Å². The number of nitrogens with one attached hydrogen (secondary N) is 8. The summed E-state index contributed by atoms with van der Waals surface area (Å²) in [6.45, 7) is 0. The second-order valence-corrected chi connectivity index (χ2v) is 18.1. The standard InChI is InChI=1S/C32H56N8.2ClH.Rh/c1-2-10-18-17(9-1)25-33-26(18)38-28-21-13-5-6-14-22(21)30(35-28)40-32-24-16-8-7-15-23(24)31(36-32)39-29-20-12-4-3-11-19(20)27(34-29)37-25;;;/h17-40H,1-16H2;2*1H;/q;;;+2/p-2. The van der Waals surface area contributed by atoms with E-state index in [0.29, 0.717) is 49.3 Å². The number of halogens is 2. The molecule has 5 saturated heterocycles. The quantitative estimate of drug-likeness (QED) is 0.178. The van der Waals surface area contributed by atoms with Gasteiger partial charge in [0.1, 0.15) is 0 Å². The summed E-state index contributed by atoms with van der Waals surface area (Å²) in [7, 11) is 9.67. The third-order valence-electron chi connectivity index (χ3n) is 13.8. The van der Waals surface area contributed by atoms with Crippen LogP contribution in [0.2, 0.25) is 0 Å². The Labute approximate surface area is 275 Å². The van der Waals surface area contributed by atoms with E-state index in [-0.39, 0.29) is 15.1 Å². The average molecular weight is 727 g/mol. The number of rotatable bonds is 0. The molecule has 5 heterocycles. The molecule has 8 atom stereocenters. The van der Waals surface area contributed by atoms with Crippen molar-refractivity contribution in [1.29, 1.82) is 0 Å². The fourth-order valence-electron chi connectivity index (χ4n) is 12.0. The molecule has 8 nitrogen and oxygen atoms in total. The van der Waals surface area contributed by atoms with E-state index in [1.807, 2.05) is 0 Å². The van der Waals surface area contributed by atoms with E-state index in [1.165, 1.54) is 103 Å². The van der Waals surface area contributed by atoms with Crippen molar-refractivity contribution in [2.24, 2.45) is 47.3 Å². The predicted molar refractivity (Wildman–Crippen MR) is 169 cm³/mol. The molecule has 9 aliphatic rings. The summed E-state index contributed by atoms with van der Waals surface area (Å²) < 4.78 is 0. The molecule has 5 aliphatic heterocycles. The van der Waals surface area contributed by atoms with Gasteiger partial charge in [0.2, 0.25) is 0 Å². The molecule has 43 heavy (non-hydrogen) atoms. The van der Waals surface area contributed by atoms with Crippen molar-refractivity contribution in [2.75, 3.05) is 0 Å². The van der Waals surface area contributed by atoms with Crippen LogP contribution in [-0.4, -0.2) is 49.3 Å². The van der Waals surface area contributed by atoms with Gasteiger partial charge < -0.3 is 0 Å². The van der Waals surface area contributed by atoms with Crippen LogP contribution in [0.15, 0.2) is 0 Å². The first-order valence-corrected chi connectivity index (χ1v) is 22.4. The summed E-state index contributed by atoms with van der Waals surface area (Å²) in [4.78, 5) is 0. The fourth-order valence-corrected chi connectivity index (χ4v) is 12.0. The molecule has 11 heteroatoms. The van der Waals surface area contributed by atoms with Gasteiger partial charge >= 0.3 is 34.5 Å². The molecule has 4 aliphatic carbocycles. The van der Waals surface area contributed by atoms with E-state index in [9.17, 15) is 0 Å². The summed E-state index contributed by atoms with van der Waals surface area (Å²) in [6.07, 6.45) is 25.6. The summed E-state index contributed by atoms with van der Waals surface area (Å²) in [5.74, 6) is 5.97. The Morgan fingerprint density at radius 3 is 0.512 bits per heavy atom. The molecule has 0 amide bonds. The van der Waals surface area contributed by atoms with Crippen LogP contribution >= 0.6 is 19.4 Å². The molecule has 8 N–H and O–H groups in total. The third-order valence-corrected chi connectivity index (χ3v) is 13.8. The fraction of sp³-hybridized carbons (Fsp3) is 1.00. The number of hydrogen-bond donors (Lipinski definition) is 8. The van der Waals surface area contributed by atoms with Gasteiger partial charge in [0.05, 0.1) is 49.3 Å². The van der Waals surface area contributed by atoms with Gasteiger partial charge in [-0.2, -0.15) is 0 Å². The van der Waals surface area contributed by atoms with E-state index in [2.05, 4.69) is 42.5 Å². The molecule has 0 spiro atoms. The van der Waals surface area contributed by atoms with Crippen LogP contribution in [0.4, 0.5) is 0 Å². The maximum atomic E-state index is 4.83. The van der Waals surface area contributed by atoms with E-state index in [4.69, 9.17) is 19.4 Å². The van der Waals surface area contributed by atoms with Crippen molar-refractivity contribution in [3.05, 3.63) is 0 Å². The zero-order valence-corrected chi connectivity index (χ0v) is 28.8. The molecule has 8 bridgehead atoms. The van der Waals surface area contributed by atoms with Gasteiger partial charge in [0, 0.05) is 0 Å². The Kier molecular flexibility index (Phi) is 9.99. The number of fused-ring (bicyclic) bond motifs is 20. The van der Waals surface area contributed by atoms with Crippen molar-refractivity contribution in [1.82, 2.24) is 42.5 Å². The van der Waals surface area contributed by atoms with Crippen molar-refractivity contribution in [3.8, 4) is 0 Å². The SMILES string of the molecule is C1CCC2C3NC(NC4NC(NC5NC(NC6NC(N3)C3CCCCC63)C3CCCCC53)C3CCCCC43)C2C1.[Cl][Rh][Cl]. The minimum atomic E-state index is -0.226. The molecule has 8 unspecified atom stereocenters. The van der Waals surface area contributed by atoms with Gasteiger partial charge in [0.15, 0.2) is 0 Å². The van der Waals surface area contributed by atoms with Crippen LogP contribution in [0.1, 0.15) is 103 Å². The number of hydrogen-bond acceptors (Lipinski definition) is 8. The molecule has 0 aromatic rings. The monoisotopic (exact) mass is 725 g/mol. The Morgan fingerprint density at radius 2 is 0.395 bits per heavy atom. The molecule has 4 saturated carbocycles. The molecule has 0 aromatic carbocycles. The van der Waals surface area contributed by atoms with Crippen molar-refractivity contribution < 1.29 is 15.1 Å². The Bertz CT molecular complexity index is 743. The van der Waals surface area contributed by atoms with Crippen LogP contribution in [0, 0.1) is 47.3 Å². The summed E-state index contributed by atoms with van der Waals surface area (Å²) in [5, 5.41) is 33.8. The molecular formula is C32H56Cl2N8Rh. The first-order chi connectivity index (χ1) is 21.2. The van der Waals surface area contributed by atoms with Gasteiger partial charge in [-0.25, -0.2) is 0 Å². The normalized spacial score (nSPS) is 54.1. The topological polar surface area (TPSA) is 96.2 Å². The average Bonchev–Trinajstić information content (AvgIpc) is 3.77. The summed E-state index contributed by atoms with van der Waals surface area (Å²) in [5.41, 5.74) is 0. The van der Waals surface area contributed by atoms with E-state index < -0.39 is 0 Å². The Hall–Kier alpha value is 0.883. The second kappa shape index (κ2) is 13.8. The molecule has 0 aromatic heterocycles. The van der Waals surface area contributed by atoms with Crippen molar-refractivity contribution in [2.45, 2.75) is 152 Å². The predicted octanol–water partition coefficient (Wildman–Crippen LogP) is 3.98. The third kappa shape index (κ3) is 6.05. The van der Waals surface area contributed by atoms with Gasteiger partial charge in [-0.3, -0.25) is 42.5 Å². The van der Waals surface area contributed by atoms with Crippen molar-refractivity contribution >= 4 is 19.4 Å². The van der Waals surface area contributed by atoms with E-state index >= 15 is 0 Å². The van der Waals surface area contributed by atoms with Crippen LogP contribution in [-0.2, 0) is 15.1 Å². The van der Waals surface area contributed by atoms with Crippen LogP contribution < -0.4 is 42.5 Å². The zero-order valence-electron chi connectivity index (χ0n) is 25.6. The van der Waals surface area contributed by atoms with E-state index in [1.54, 1.807) is 0 Å². The molecule has 0 radical (unpaired) electrons. The molecular weight excluding hydrogens is 670 g/mol. The van der Waals surface area contributed by atoms with Crippen LogP contribution in [0.5, 0.6) is 0 Å². The summed E-state index contributed by atoms with van der Waals surface area (Å²) in [6, 6.07) is 0. The van der Waals surface area contributed by atoms with Gasteiger partial charge in [-0.05, 0) is 98.7 Å². The molecule has 247 valence electrons. The van der Waals surface area contributed by atoms with Crippen LogP contribution in [0.3, 0.4) is 0 Å². The van der Waals surface area contributed by atoms with E-state index in [0.717, 1.165) is 47.3 Å². The first kappa shape index (κ1) is 31.2. The van der Waals surface area contributed by atoms with Gasteiger partial charge in [-0.1, -0.05) is 51.4 Å². The van der Waals surface area contributed by atoms with Gasteiger partial charge in [-0.15, -0.1) is 0 Å².